The predicted molar refractivity (Wildman–Crippen MR) is 87.0 cm³/mol. The third kappa shape index (κ3) is 3.12. The smallest absolute Gasteiger partial charge is 0.136 e. The average molecular weight is 289 g/mol. The van der Waals surface area contributed by atoms with Crippen molar-refractivity contribution in [3.63, 3.8) is 0 Å². The zero-order chi connectivity index (χ0) is 14.8. The highest BCUT2D eigenvalue weighted by atomic mass is 15.2. The molecule has 1 unspecified atom stereocenters. The van der Waals surface area contributed by atoms with Crippen LogP contribution in [-0.2, 0) is 0 Å². The van der Waals surface area contributed by atoms with E-state index in [1.807, 2.05) is 7.05 Å². The Labute approximate surface area is 127 Å². The number of hydrogen-bond acceptors (Lipinski definition) is 5. The second-order valence-corrected chi connectivity index (χ2v) is 6.23. The van der Waals surface area contributed by atoms with E-state index >= 15 is 0 Å². The zero-order valence-electron chi connectivity index (χ0n) is 13.4. The molecule has 21 heavy (non-hydrogen) atoms. The Balaban J connectivity index is 1.73. The molecule has 2 aliphatic rings. The van der Waals surface area contributed by atoms with Gasteiger partial charge in [-0.1, -0.05) is 6.92 Å². The van der Waals surface area contributed by atoms with Crippen LogP contribution in [0.3, 0.4) is 0 Å². The third-order valence-corrected chi connectivity index (χ3v) is 4.75. The minimum Gasteiger partial charge on any atom is -0.373 e. The molecule has 1 aromatic heterocycles. The van der Waals surface area contributed by atoms with Crippen molar-refractivity contribution in [2.45, 2.75) is 51.5 Å². The second kappa shape index (κ2) is 6.18. The molecule has 5 heteroatoms. The summed E-state index contributed by atoms with van der Waals surface area (Å²) >= 11 is 0. The fourth-order valence-electron chi connectivity index (χ4n) is 3.23. The highest BCUT2D eigenvalue weighted by Crippen LogP contribution is 2.39. The molecular weight excluding hydrogens is 262 g/mol. The van der Waals surface area contributed by atoms with Gasteiger partial charge < -0.3 is 10.6 Å². The first kappa shape index (κ1) is 14.6. The lowest BCUT2D eigenvalue weighted by atomic mass is 10.2. The number of nitrogens with zero attached hydrogens (tertiary/aromatic N) is 3. The number of hydrogen-bond donors (Lipinski definition) is 2. The minimum atomic E-state index is 0.580. The molecule has 116 valence electrons. The molecule has 0 bridgehead atoms. The summed E-state index contributed by atoms with van der Waals surface area (Å²) in [6.45, 7) is 7.71. The molecule has 1 aliphatic heterocycles. The van der Waals surface area contributed by atoms with Crippen molar-refractivity contribution in [3.05, 3.63) is 11.4 Å². The van der Waals surface area contributed by atoms with Gasteiger partial charge in [-0.3, -0.25) is 4.90 Å². The lowest BCUT2D eigenvalue weighted by Gasteiger charge is -2.24. The van der Waals surface area contributed by atoms with E-state index in [0.29, 0.717) is 12.0 Å². The maximum atomic E-state index is 4.77. The number of likely N-dealkylation sites (tertiary alicyclic amines) is 1. The summed E-state index contributed by atoms with van der Waals surface area (Å²) in [5, 5.41) is 6.79. The first-order chi connectivity index (χ1) is 10.2. The molecule has 1 aromatic rings. The topological polar surface area (TPSA) is 53.1 Å². The molecule has 1 aliphatic carbocycles. The molecule has 0 amide bonds. The van der Waals surface area contributed by atoms with Gasteiger partial charge >= 0.3 is 0 Å². The Morgan fingerprint density at radius 1 is 1.19 bits per heavy atom. The molecular formula is C16H27N5. The van der Waals surface area contributed by atoms with Crippen LogP contribution in [0.25, 0.3) is 0 Å². The summed E-state index contributed by atoms with van der Waals surface area (Å²) in [5.41, 5.74) is 1.13. The van der Waals surface area contributed by atoms with Gasteiger partial charge in [-0.25, -0.2) is 9.97 Å². The van der Waals surface area contributed by atoms with Crippen LogP contribution in [0.1, 0.15) is 49.9 Å². The zero-order valence-corrected chi connectivity index (χ0v) is 13.4. The van der Waals surface area contributed by atoms with Crippen molar-refractivity contribution in [1.29, 1.82) is 0 Å². The van der Waals surface area contributed by atoms with E-state index < -0.39 is 0 Å². The monoisotopic (exact) mass is 289 g/mol. The molecule has 0 spiro atoms. The molecule has 2 fully saturated rings. The van der Waals surface area contributed by atoms with Crippen molar-refractivity contribution in [2.24, 2.45) is 0 Å². The Kier molecular flexibility index (Phi) is 4.29. The molecule has 0 radical (unpaired) electrons. The summed E-state index contributed by atoms with van der Waals surface area (Å²) in [5.74, 6) is 3.57. The van der Waals surface area contributed by atoms with Gasteiger partial charge in [0.1, 0.15) is 17.5 Å². The standard InChI is InChI=1S/C16H27N5/c1-4-21-9-5-6-13(21)10-18-15-11(2)14(17-3)19-16(20-15)12-7-8-12/h12-13H,4-10H2,1-3H3,(H2,17,18,19,20). The van der Waals surface area contributed by atoms with E-state index in [9.17, 15) is 0 Å². The largest absolute Gasteiger partial charge is 0.373 e. The highest BCUT2D eigenvalue weighted by molar-refractivity contribution is 5.57. The number of nitrogens with one attached hydrogen (secondary N) is 2. The summed E-state index contributed by atoms with van der Waals surface area (Å²) in [6, 6.07) is 0.645. The molecule has 0 aromatic carbocycles. The van der Waals surface area contributed by atoms with Crippen molar-refractivity contribution in [3.8, 4) is 0 Å². The van der Waals surface area contributed by atoms with Crippen LogP contribution in [0.5, 0.6) is 0 Å². The van der Waals surface area contributed by atoms with Gasteiger partial charge in [0.05, 0.1) is 0 Å². The van der Waals surface area contributed by atoms with Crippen LogP contribution in [0.4, 0.5) is 11.6 Å². The molecule has 2 N–H and O–H groups in total. The van der Waals surface area contributed by atoms with E-state index in [2.05, 4.69) is 34.4 Å². The van der Waals surface area contributed by atoms with Crippen molar-refractivity contribution in [1.82, 2.24) is 14.9 Å². The quantitative estimate of drug-likeness (QED) is 0.843. The number of anilines is 2. The van der Waals surface area contributed by atoms with Gasteiger partial charge in [-0.15, -0.1) is 0 Å². The first-order valence-electron chi connectivity index (χ1n) is 8.27. The van der Waals surface area contributed by atoms with Crippen LogP contribution < -0.4 is 10.6 Å². The van der Waals surface area contributed by atoms with E-state index in [0.717, 1.165) is 36.1 Å². The number of likely N-dealkylation sites (N-methyl/N-ethyl adjacent to an activating group) is 1. The Morgan fingerprint density at radius 3 is 2.62 bits per heavy atom. The molecule has 2 heterocycles. The van der Waals surface area contributed by atoms with Crippen LogP contribution in [-0.4, -0.2) is 47.6 Å². The van der Waals surface area contributed by atoms with Gasteiger partial charge in [0.2, 0.25) is 0 Å². The Hall–Kier alpha value is -1.36. The fourth-order valence-corrected chi connectivity index (χ4v) is 3.23. The van der Waals surface area contributed by atoms with Gasteiger partial charge in [0, 0.05) is 31.1 Å². The van der Waals surface area contributed by atoms with Crippen LogP contribution in [0.2, 0.25) is 0 Å². The molecule has 5 nitrogen and oxygen atoms in total. The molecule has 1 saturated heterocycles. The number of aromatic nitrogens is 2. The van der Waals surface area contributed by atoms with E-state index in [1.165, 1.54) is 32.2 Å². The maximum absolute atomic E-state index is 4.77. The summed E-state index contributed by atoms with van der Waals surface area (Å²) < 4.78 is 0. The summed E-state index contributed by atoms with van der Waals surface area (Å²) in [7, 11) is 1.94. The molecule has 1 atom stereocenters. The first-order valence-corrected chi connectivity index (χ1v) is 8.27. The normalized spacial score (nSPS) is 22.5. The van der Waals surface area contributed by atoms with Gasteiger partial charge in [-0.05, 0) is 45.7 Å². The van der Waals surface area contributed by atoms with Gasteiger partial charge in [-0.2, -0.15) is 0 Å². The minimum absolute atomic E-state index is 0.580. The SMILES string of the molecule is CCN1CCCC1CNc1nc(C2CC2)nc(NC)c1C. The predicted octanol–water partition coefficient (Wildman–Crippen LogP) is 2.60. The van der Waals surface area contributed by atoms with Crippen molar-refractivity contribution < 1.29 is 0 Å². The van der Waals surface area contributed by atoms with Crippen LogP contribution in [0.15, 0.2) is 0 Å². The second-order valence-electron chi connectivity index (χ2n) is 6.23. The van der Waals surface area contributed by atoms with Gasteiger partial charge in [0.25, 0.3) is 0 Å². The summed E-state index contributed by atoms with van der Waals surface area (Å²) in [4.78, 5) is 12.0. The van der Waals surface area contributed by atoms with Gasteiger partial charge in [0.15, 0.2) is 0 Å². The van der Waals surface area contributed by atoms with Crippen LogP contribution >= 0.6 is 0 Å². The van der Waals surface area contributed by atoms with E-state index in [1.54, 1.807) is 0 Å². The lowest BCUT2D eigenvalue weighted by molar-refractivity contribution is 0.277. The third-order valence-electron chi connectivity index (χ3n) is 4.75. The summed E-state index contributed by atoms with van der Waals surface area (Å²) in [6.07, 6.45) is 5.08. The van der Waals surface area contributed by atoms with Crippen LogP contribution in [0, 0.1) is 6.92 Å². The maximum Gasteiger partial charge on any atom is 0.136 e. The molecule has 1 saturated carbocycles. The highest BCUT2D eigenvalue weighted by Gasteiger charge is 2.28. The number of rotatable bonds is 6. The Bertz CT molecular complexity index is 498. The van der Waals surface area contributed by atoms with E-state index in [-0.39, 0.29) is 0 Å². The van der Waals surface area contributed by atoms with Crippen molar-refractivity contribution in [2.75, 3.05) is 37.3 Å². The molecule has 3 rings (SSSR count). The van der Waals surface area contributed by atoms with E-state index in [4.69, 9.17) is 4.98 Å². The van der Waals surface area contributed by atoms with Crippen molar-refractivity contribution >= 4 is 11.6 Å². The fraction of sp³-hybridized carbons (Fsp3) is 0.750. The Morgan fingerprint density at radius 2 is 1.95 bits per heavy atom. The average Bonchev–Trinajstić information content (AvgIpc) is 3.25. The lowest BCUT2D eigenvalue weighted by Crippen LogP contribution is -2.35.